The van der Waals surface area contributed by atoms with Gasteiger partial charge in [-0.2, -0.15) is 0 Å². The molecule has 18 heavy (non-hydrogen) atoms. The molecule has 4 heteroatoms. The van der Waals surface area contributed by atoms with Crippen molar-refractivity contribution in [2.45, 2.75) is 46.5 Å². The number of aliphatic hydroxyl groups is 1. The normalized spacial score (nSPS) is 10.9. The van der Waals surface area contributed by atoms with E-state index in [0.717, 1.165) is 45.3 Å². The van der Waals surface area contributed by atoms with E-state index in [0.29, 0.717) is 13.1 Å². The highest BCUT2D eigenvalue weighted by molar-refractivity contribution is 5.78. The molecule has 4 nitrogen and oxygen atoms in total. The predicted octanol–water partition coefficient (Wildman–Crippen LogP) is 1.73. The first-order valence-electron chi connectivity index (χ1n) is 7.30. The second-order valence-corrected chi connectivity index (χ2v) is 4.68. The van der Waals surface area contributed by atoms with Crippen LogP contribution in [-0.2, 0) is 4.79 Å². The molecular formula is C14H30N2O2. The Bertz CT molecular complexity index is 202. The number of amides is 1. The van der Waals surface area contributed by atoms with Crippen molar-refractivity contribution in [3.63, 3.8) is 0 Å². The minimum atomic E-state index is 0.116. The van der Waals surface area contributed by atoms with Crippen LogP contribution in [0, 0.1) is 0 Å². The number of nitrogens with zero attached hydrogens (tertiary/aromatic N) is 2. The minimum Gasteiger partial charge on any atom is -0.395 e. The van der Waals surface area contributed by atoms with Gasteiger partial charge in [-0.05, 0) is 19.4 Å². The van der Waals surface area contributed by atoms with Crippen LogP contribution < -0.4 is 0 Å². The molecule has 0 aliphatic carbocycles. The fraction of sp³-hybridized carbons (Fsp3) is 0.929. The van der Waals surface area contributed by atoms with Gasteiger partial charge in [0.05, 0.1) is 13.2 Å². The Kier molecular flexibility index (Phi) is 11.1. The number of rotatable bonds is 11. The van der Waals surface area contributed by atoms with Crippen LogP contribution in [0.2, 0.25) is 0 Å². The van der Waals surface area contributed by atoms with Crippen molar-refractivity contribution >= 4 is 5.91 Å². The quantitative estimate of drug-likeness (QED) is 0.614. The van der Waals surface area contributed by atoms with E-state index in [9.17, 15) is 4.79 Å². The summed E-state index contributed by atoms with van der Waals surface area (Å²) in [7, 11) is 0. The van der Waals surface area contributed by atoms with Gasteiger partial charge in [0, 0.05) is 19.6 Å². The Morgan fingerprint density at radius 2 is 1.56 bits per heavy atom. The topological polar surface area (TPSA) is 43.8 Å². The van der Waals surface area contributed by atoms with Crippen LogP contribution in [-0.4, -0.2) is 60.1 Å². The monoisotopic (exact) mass is 258 g/mol. The maximum Gasteiger partial charge on any atom is 0.236 e. The van der Waals surface area contributed by atoms with Gasteiger partial charge in [0.15, 0.2) is 0 Å². The average Bonchev–Trinajstić information content (AvgIpc) is 2.38. The molecule has 0 bridgehead atoms. The van der Waals surface area contributed by atoms with Crippen LogP contribution in [0.5, 0.6) is 0 Å². The summed E-state index contributed by atoms with van der Waals surface area (Å²) >= 11 is 0. The van der Waals surface area contributed by atoms with Gasteiger partial charge in [-0.1, -0.05) is 33.6 Å². The lowest BCUT2D eigenvalue weighted by molar-refractivity contribution is -0.132. The lowest BCUT2D eigenvalue weighted by Gasteiger charge is -2.26. The molecule has 0 fully saturated rings. The first-order valence-corrected chi connectivity index (χ1v) is 7.30. The Hall–Kier alpha value is -0.610. The van der Waals surface area contributed by atoms with Gasteiger partial charge in [-0.25, -0.2) is 0 Å². The standard InChI is InChI=1S/C14H30N2O2/c1-4-7-9-16(10-8-5-2)14(18)13-15(6-3)11-12-17/h17H,4-13H2,1-3H3. The Labute approximate surface area is 112 Å². The third-order valence-corrected chi connectivity index (χ3v) is 3.14. The Morgan fingerprint density at radius 3 is 1.94 bits per heavy atom. The highest BCUT2D eigenvalue weighted by atomic mass is 16.3. The molecule has 1 amide bonds. The van der Waals surface area contributed by atoms with Gasteiger partial charge in [0.25, 0.3) is 0 Å². The molecule has 0 aliphatic heterocycles. The Morgan fingerprint density at radius 1 is 1.00 bits per heavy atom. The zero-order valence-electron chi connectivity index (χ0n) is 12.3. The van der Waals surface area contributed by atoms with Crippen LogP contribution in [0.3, 0.4) is 0 Å². The van der Waals surface area contributed by atoms with Gasteiger partial charge >= 0.3 is 0 Å². The molecule has 0 atom stereocenters. The predicted molar refractivity (Wildman–Crippen MR) is 75.6 cm³/mol. The molecule has 0 rings (SSSR count). The first-order chi connectivity index (χ1) is 8.69. The van der Waals surface area contributed by atoms with E-state index >= 15 is 0 Å². The third kappa shape index (κ3) is 7.67. The second kappa shape index (κ2) is 11.5. The number of hydrogen-bond donors (Lipinski definition) is 1. The smallest absolute Gasteiger partial charge is 0.236 e. The summed E-state index contributed by atoms with van der Waals surface area (Å²) in [5.74, 6) is 0.201. The van der Waals surface area contributed by atoms with E-state index in [2.05, 4.69) is 13.8 Å². The zero-order chi connectivity index (χ0) is 13.8. The fourth-order valence-electron chi connectivity index (χ4n) is 1.84. The largest absolute Gasteiger partial charge is 0.395 e. The van der Waals surface area contributed by atoms with Crippen molar-refractivity contribution in [3.8, 4) is 0 Å². The number of aliphatic hydroxyl groups excluding tert-OH is 1. The van der Waals surface area contributed by atoms with Crippen molar-refractivity contribution in [2.75, 3.05) is 39.3 Å². The number of unbranched alkanes of at least 4 members (excludes halogenated alkanes) is 2. The van der Waals surface area contributed by atoms with Crippen molar-refractivity contribution < 1.29 is 9.90 Å². The van der Waals surface area contributed by atoms with Crippen LogP contribution in [0.4, 0.5) is 0 Å². The molecular weight excluding hydrogens is 228 g/mol. The van der Waals surface area contributed by atoms with E-state index < -0.39 is 0 Å². The lowest BCUT2D eigenvalue weighted by atomic mass is 10.2. The SMILES string of the molecule is CCCCN(CCCC)C(=O)CN(CC)CCO. The molecule has 0 aromatic rings. The maximum atomic E-state index is 12.2. The molecule has 0 saturated carbocycles. The summed E-state index contributed by atoms with van der Waals surface area (Å²) in [6.07, 6.45) is 4.37. The van der Waals surface area contributed by atoms with Gasteiger partial charge < -0.3 is 10.0 Å². The molecule has 0 radical (unpaired) electrons. The number of carbonyl (C=O) groups excluding carboxylic acids is 1. The van der Waals surface area contributed by atoms with Gasteiger partial charge in [-0.15, -0.1) is 0 Å². The van der Waals surface area contributed by atoms with Crippen LogP contribution >= 0.6 is 0 Å². The van der Waals surface area contributed by atoms with E-state index in [-0.39, 0.29) is 12.5 Å². The summed E-state index contributed by atoms with van der Waals surface area (Å²) < 4.78 is 0. The van der Waals surface area contributed by atoms with Crippen molar-refractivity contribution in [1.29, 1.82) is 0 Å². The third-order valence-electron chi connectivity index (χ3n) is 3.14. The highest BCUT2D eigenvalue weighted by Gasteiger charge is 2.15. The average molecular weight is 258 g/mol. The molecule has 0 aromatic carbocycles. The molecule has 0 heterocycles. The zero-order valence-corrected chi connectivity index (χ0v) is 12.3. The van der Waals surface area contributed by atoms with Crippen LogP contribution in [0.1, 0.15) is 46.5 Å². The second-order valence-electron chi connectivity index (χ2n) is 4.68. The van der Waals surface area contributed by atoms with Gasteiger partial charge in [0.1, 0.15) is 0 Å². The van der Waals surface area contributed by atoms with Crippen molar-refractivity contribution in [2.24, 2.45) is 0 Å². The molecule has 0 unspecified atom stereocenters. The first kappa shape index (κ1) is 17.4. The summed E-state index contributed by atoms with van der Waals surface area (Å²) in [5.41, 5.74) is 0. The number of likely N-dealkylation sites (N-methyl/N-ethyl adjacent to an activating group) is 1. The molecule has 0 aromatic heterocycles. The Balaban J connectivity index is 4.23. The van der Waals surface area contributed by atoms with Crippen molar-refractivity contribution in [3.05, 3.63) is 0 Å². The summed E-state index contributed by atoms with van der Waals surface area (Å²) in [6, 6.07) is 0. The van der Waals surface area contributed by atoms with E-state index in [1.165, 1.54) is 0 Å². The van der Waals surface area contributed by atoms with Crippen molar-refractivity contribution in [1.82, 2.24) is 9.80 Å². The molecule has 0 saturated heterocycles. The van der Waals surface area contributed by atoms with Crippen LogP contribution in [0.25, 0.3) is 0 Å². The molecule has 108 valence electrons. The van der Waals surface area contributed by atoms with Crippen LogP contribution in [0.15, 0.2) is 0 Å². The number of hydrogen-bond acceptors (Lipinski definition) is 3. The van der Waals surface area contributed by atoms with Gasteiger partial charge in [-0.3, -0.25) is 9.69 Å². The summed E-state index contributed by atoms with van der Waals surface area (Å²) in [4.78, 5) is 16.2. The summed E-state index contributed by atoms with van der Waals surface area (Å²) in [5, 5.41) is 8.94. The summed E-state index contributed by atoms with van der Waals surface area (Å²) in [6.45, 7) is 9.98. The van der Waals surface area contributed by atoms with E-state index in [1.807, 2.05) is 16.7 Å². The number of carbonyl (C=O) groups is 1. The maximum absolute atomic E-state index is 12.2. The fourth-order valence-corrected chi connectivity index (χ4v) is 1.84. The molecule has 0 spiro atoms. The minimum absolute atomic E-state index is 0.116. The highest BCUT2D eigenvalue weighted by Crippen LogP contribution is 2.01. The van der Waals surface area contributed by atoms with E-state index in [4.69, 9.17) is 5.11 Å². The molecule has 1 N–H and O–H groups in total. The lowest BCUT2D eigenvalue weighted by Crippen LogP contribution is -2.42. The van der Waals surface area contributed by atoms with E-state index in [1.54, 1.807) is 0 Å². The van der Waals surface area contributed by atoms with Gasteiger partial charge in [0.2, 0.25) is 5.91 Å². The molecule has 0 aliphatic rings.